The second-order valence-electron chi connectivity index (χ2n) is 6.65. The van der Waals surface area contributed by atoms with E-state index < -0.39 is 29.0 Å². The van der Waals surface area contributed by atoms with Crippen LogP contribution in [0.15, 0.2) is 36.4 Å². The third-order valence-corrected chi connectivity index (χ3v) is 6.43. The highest BCUT2D eigenvalue weighted by Gasteiger charge is 2.19. The summed E-state index contributed by atoms with van der Waals surface area (Å²) in [4.78, 5) is 30.7. The van der Waals surface area contributed by atoms with Gasteiger partial charge in [0.1, 0.15) is 5.01 Å². The summed E-state index contributed by atoms with van der Waals surface area (Å²) in [6.07, 6.45) is 0.626. The molecule has 0 saturated carbocycles. The first-order chi connectivity index (χ1) is 14.9. The Morgan fingerprint density at radius 1 is 1.13 bits per heavy atom. The van der Waals surface area contributed by atoms with Gasteiger partial charge in [0.2, 0.25) is 11.8 Å². The summed E-state index contributed by atoms with van der Waals surface area (Å²) in [7, 11) is 0. The number of carbonyl (C=O) groups excluding carboxylic acids is 2. The molecule has 0 aliphatic heterocycles. The van der Waals surface area contributed by atoms with Crippen LogP contribution < -0.4 is 5.32 Å². The van der Waals surface area contributed by atoms with Gasteiger partial charge in [-0.1, -0.05) is 19.1 Å². The van der Waals surface area contributed by atoms with Crippen LogP contribution in [0, 0.1) is 17.5 Å². The molecule has 0 bridgehead atoms. The first kappa shape index (κ1) is 23.1. The molecule has 0 aliphatic carbocycles. The highest BCUT2D eigenvalue weighted by molar-refractivity contribution is 7.99. The number of halogens is 3. The molecular weight excluding hydrogens is 447 g/mol. The second kappa shape index (κ2) is 10.6. The predicted molar refractivity (Wildman–Crippen MR) is 118 cm³/mol. The van der Waals surface area contributed by atoms with Crippen LogP contribution >= 0.6 is 23.1 Å². The van der Waals surface area contributed by atoms with Gasteiger partial charge < -0.3 is 10.2 Å². The maximum atomic E-state index is 13.8. The molecule has 0 unspecified atom stereocenters. The fourth-order valence-electron chi connectivity index (χ4n) is 2.85. The molecule has 0 spiro atoms. The predicted octanol–water partition coefficient (Wildman–Crippen LogP) is 4.82. The van der Waals surface area contributed by atoms with Gasteiger partial charge in [-0.2, -0.15) is 0 Å². The zero-order valence-electron chi connectivity index (χ0n) is 16.7. The quantitative estimate of drug-likeness (QED) is 0.458. The van der Waals surface area contributed by atoms with Crippen LogP contribution in [0.1, 0.15) is 18.4 Å². The van der Waals surface area contributed by atoms with Crippen LogP contribution in [0.2, 0.25) is 0 Å². The molecule has 0 atom stereocenters. The summed E-state index contributed by atoms with van der Waals surface area (Å²) in [6.45, 7) is 1.89. The molecular formula is C21H20F3N3O2S2. The van der Waals surface area contributed by atoms with Crippen molar-refractivity contribution in [2.24, 2.45) is 0 Å². The monoisotopic (exact) mass is 467 g/mol. The molecule has 1 N–H and O–H groups in total. The fourth-order valence-corrected chi connectivity index (χ4v) is 4.79. The normalized spacial score (nSPS) is 11.0. The second-order valence-corrected chi connectivity index (χ2v) is 8.76. The molecule has 5 nitrogen and oxygen atoms in total. The van der Waals surface area contributed by atoms with E-state index in [9.17, 15) is 22.8 Å². The lowest BCUT2D eigenvalue weighted by molar-refractivity contribution is -0.132. The van der Waals surface area contributed by atoms with Crippen molar-refractivity contribution in [2.45, 2.75) is 19.1 Å². The average Bonchev–Trinajstić information content (AvgIpc) is 3.16. The van der Waals surface area contributed by atoms with Crippen LogP contribution in [0.5, 0.6) is 0 Å². The van der Waals surface area contributed by atoms with Gasteiger partial charge in [-0.3, -0.25) is 9.59 Å². The summed E-state index contributed by atoms with van der Waals surface area (Å²) in [5, 5.41) is 3.10. The summed E-state index contributed by atoms with van der Waals surface area (Å²) in [5.74, 6) is -4.70. The first-order valence-corrected chi connectivity index (χ1v) is 11.5. The molecule has 164 valence electrons. The van der Waals surface area contributed by atoms with Crippen LogP contribution in [0.25, 0.3) is 10.2 Å². The van der Waals surface area contributed by atoms with Gasteiger partial charge in [-0.05, 0) is 30.7 Å². The number of fused-ring (bicyclic) bond motifs is 1. The van der Waals surface area contributed by atoms with Crippen molar-refractivity contribution >= 4 is 50.8 Å². The molecule has 0 saturated heterocycles. The average molecular weight is 468 g/mol. The highest BCUT2D eigenvalue weighted by atomic mass is 32.2. The van der Waals surface area contributed by atoms with E-state index in [-0.39, 0.29) is 18.2 Å². The zero-order valence-corrected chi connectivity index (χ0v) is 18.3. The van der Waals surface area contributed by atoms with Gasteiger partial charge in [-0.15, -0.1) is 23.1 Å². The molecule has 1 heterocycles. The van der Waals surface area contributed by atoms with Crippen molar-refractivity contribution in [3.05, 3.63) is 58.9 Å². The van der Waals surface area contributed by atoms with E-state index in [2.05, 4.69) is 10.3 Å². The Balaban J connectivity index is 1.54. The number of benzene rings is 2. The van der Waals surface area contributed by atoms with Crippen molar-refractivity contribution in [1.29, 1.82) is 0 Å². The van der Waals surface area contributed by atoms with Crippen molar-refractivity contribution in [1.82, 2.24) is 9.88 Å². The fraction of sp³-hybridized carbons (Fsp3) is 0.286. The number of carbonyl (C=O) groups is 2. The van der Waals surface area contributed by atoms with Gasteiger partial charge in [-0.25, -0.2) is 18.2 Å². The number of hydrogen-bond donors (Lipinski definition) is 1. The lowest BCUT2D eigenvalue weighted by Crippen LogP contribution is -2.39. The molecule has 2 amide bonds. The van der Waals surface area contributed by atoms with Gasteiger partial charge in [0, 0.05) is 12.3 Å². The molecule has 0 fully saturated rings. The van der Waals surface area contributed by atoms with E-state index in [0.29, 0.717) is 18.7 Å². The standard InChI is InChI=1S/C21H20F3N3O2S2/c1-2-9-27(10-17(28)25-15-8-7-13(22)20(23)21(15)24)19(29)12-30-11-18-26-14-5-3-4-6-16(14)31-18/h3-8H,2,9-12H2,1H3,(H,25,28). The van der Waals surface area contributed by atoms with Crippen molar-refractivity contribution < 1.29 is 22.8 Å². The minimum Gasteiger partial charge on any atom is -0.333 e. The zero-order chi connectivity index (χ0) is 22.4. The Morgan fingerprint density at radius 2 is 1.90 bits per heavy atom. The van der Waals surface area contributed by atoms with Gasteiger partial charge >= 0.3 is 0 Å². The van der Waals surface area contributed by atoms with E-state index in [1.807, 2.05) is 31.2 Å². The number of hydrogen-bond acceptors (Lipinski definition) is 5. The number of rotatable bonds is 9. The minimum atomic E-state index is -1.66. The van der Waals surface area contributed by atoms with Crippen LogP contribution in [-0.2, 0) is 15.3 Å². The van der Waals surface area contributed by atoms with Crippen LogP contribution in [-0.4, -0.2) is 40.5 Å². The molecule has 3 aromatic rings. The molecule has 0 aliphatic rings. The van der Waals surface area contributed by atoms with Crippen molar-refractivity contribution in [3.63, 3.8) is 0 Å². The number of para-hydroxylation sites is 1. The number of nitrogens with one attached hydrogen (secondary N) is 1. The smallest absolute Gasteiger partial charge is 0.244 e. The number of aromatic nitrogens is 1. The Bertz CT molecular complexity index is 1060. The lowest BCUT2D eigenvalue weighted by Gasteiger charge is -2.21. The summed E-state index contributed by atoms with van der Waals surface area (Å²) in [6, 6.07) is 9.45. The largest absolute Gasteiger partial charge is 0.333 e. The topological polar surface area (TPSA) is 62.3 Å². The SMILES string of the molecule is CCCN(CC(=O)Nc1ccc(F)c(F)c1F)C(=O)CSCc1nc2ccccc2s1. The maximum absolute atomic E-state index is 13.8. The number of thioether (sulfide) groups is 1. The summed E-state index contributed by atoms with van der Waals surface area (Å²) >= 11 is 2.96. The Kier molecular flexibility index (Phi) is 7.91. The van der Waals surface area contributed by atoms with Gasteiger partial charge in [0.05, 0.1) is 28.2 Å². The number of anilines is 1. The third kappa shape index (κ3) is 5.98. The maximum Gasteiger partial charge on any atom is 0.244 e. The minimum absolute atomic E-state index is 0.155. The Labute approximate surface area is 185 Å². The van der Waals surface area contributed by atoms with E-state index in [1.165, 1.54) is 16.7 Å². The third-order valence-electron chi connectivity index (χ3n) is 4.28. The molecule has 10 heteroatoms. The number of thiazole rings is 1. The van der Waals surface area contributed by atoms with E-state index in [1.54, 1.807) is 11.3 Å². The van der Waals surface area contributed by atoms with E-state index in [4.69, 9.17) is 0 Å². The van der Waals surface area contributed by atoms with Gasteiger partial charge in [0.25, 0.3) is 0 Å². The number of nitrogens with zero attached hydrogens (tertiary/aromatic N) is 2. The summed E-state index contributed by atoms with van der Waals surface area (Å²) < 4.78 is 41.2. The first-order valence-electron chi connectivity index (χ1n) is 9.52. The molecule has 3 rings (SSSR count). The Morgan fingerprint density at radius 3 is 2.65 bits per heavy atom. The van der Waals surface area contributed by atoms with Crippen molar-refractivity contribution in [3.8, 4) is 0 Å². The van der Waals surface area contributed by atoms with Crippen molar-refractivity contribution in [2.75, 3.05) is 24.2 Å². The molecule has 31 heavy (non-hydrogen) atoms. The highest BCUT2D eigenvalue weighted by Crippen LogP contribution is 2.25. The number of amides is 2. The molecule has 0 radical (unpaired) electrons. The van der Waals surface area contributed by atoms with Crippen LogP contribution in [0.3, 0.4) is 0 Å². The van der Waals surface area contributed by atoms with E-state index in [0.717, 1.165) is 27.4 Å². The Hall–Kier alpha value is -2.59. The molecule has 2 aromatic carbocycles. The van der Waals surface area contributed by atoms with Gasteiger partial charge in [0.15, 0.2) is 17.5 Å². The van der Waals surface area contributed by atoms with E-state index >= 15 is 0 Å². The lowest BCUT2D eigenvalue weighted by atomic mass is 10.2. The summed E-state index contributed by atoms with van der Waals surface area (Å²) in [5.41, 5.74) is 0.446. The van der Waals surface area contributed by atoms with Crippen LogP contribution in [0.4, 0.5) is 18.9 Å². The molecule has 1 aromatic heterocycles.